The summed E-state index contributed by atoms with van der Waals surface area (Å²) in [5.41, 5.74) is 24.5. The highest BCUT2D eigenvalue weighted by molar-refractivity contribution is 6.07. The third kappa shape index (κ3) is 16.2. The highest BCUT2D eigenvalue weighted by Gasteiger charge is 2.42. The fraction of sp³-hybridized carbons (Fsp3) is 0.389. The van der Waals surface area contributed by atoms with Crippen LogP contribution < -0.4 is 41.3 Å². The summed E-state index contributed by atoms with van der Waals surface area (Å²) in [6, 6.07) is 63.8. The first-order chi connectivity index (χ1) is 53.1. The minimum absolute atomic E-state index is 0. The molecule has 6 amide bonds. The molecule has 8 heterocycles. The van der Waals surface area contributed by atoms with Crippen LogP contribution in [0.1, 0.15) is 190 Å². The van der Waals surface area contributed by atoms with Crippen LogP contribution >= 0.6 is 12.4 Å². The van der Waals surface area contributed by atoms with E-state index in [0.717, 1.165) is 139 Å². The Hall–Kier alpha value is -10.3. The Morgan fingerprint density at radius 1 is 0.364 bits per heavy atom. The van der Waals surface area contributed by atoms with Crippen LogP contribution in [0, 0.1) is 0 Å². The number of phenolic OH excluding ortho intramolecular Hbond substituents is 2. The maximum absolute atomic E-state index is 13.1. The van der Waals surface area contributed by atoms with Crippen molar-refractivity contribution < 1.29 is 43.8 Å². The standard InChI is InChI=1S/C45H49N5O4.C27H27NO2.C18H22N4O3.ClH/c51-37-12-15-39-31(27-37)8-13-38(29-4-2-1-3-5-29)43(39)30-6-9-35(10-7-30)48-22-18-33(19-23-48)46-34-20-24-49(25-21-34)36-11-14-40-32(26-36)28-50(45(40)54)41-16-17-42(52)47-44(41)53;29-23-14-16-28(17-15-23)22-9-6-20(7-10-22)27-25(19-4-2-1-3-5-19)12-8-21-18-24(30)11-13-26(21)27;19-12-5-7-21(8-6-12)13-1-2-14-11(9-13)10-22(18(14)25)15-3-4-16(23)20-17(15)24;/h1-7,9-12,14-15,26-27,33-34,38,41,43,46,51H,8,13,16-25,28H2,(H,47,52,53);1-7,9-11,13,18,25,27,30H,8,12,14-17H2;1-2,9,12,15H,3-8,10,19H2,(H,20,23,24);1H/t38-,41?,43+;25-,27+;;/m11../s1. The van der Waals surface area contributed by atoms with Crippen LogP contribution in [0.25, 0.3) is 0 Å². The number of fused-ring (bicyclic) bond motifs is 4. The van der Waals surface area contributed by atoms with Gasteiger partial charge in [0, 0.05) is 155 Å². The first kappa shape index (κ1) is 75.1. The third-order valence-electron chi connectivity index (χ3n) is 24.9. The summed E-state index contributed by atoms with van der Waals surface area (Å²) in [4.78, 5) is 97.7. The maximum Gasteiger partial charge on any atom is 0.255 e. The number of carbonyl (C=O) groups excluding carboxylic acids is 7. The van der Waals surface area contributed by atoms with Crippen molar-refractivity contribution in [2.75, 3.05) is 72.0 Å². The first-order valence-corrected chi connectivity index (χ1v) is 39.6. The number of nitrogens with one attached hydrogen (secondary N) is 3. The largest absolute Gasteiger partial charge is 0.508 e. The number of benzene rings is 8. The van der Waals surface area contributed by atoms with Crippen LogP contribution in [0.2, 0.25) is 0 Å². The van der Waals surface area contributed by atoms with Crippen molar-refractivity contribution in [1.82, 2.24) is 25.8 Å². The number of anilines is 4. The van der Waals surface area contributed by atoms with Gasteiger partial charge in [0.05, 0.1) is 0 Å². The predicted octanol–water partition coefficient (Wildman–Crippen LogP) is 12.5. The lowest BCUT2D eigenvalue weighted by Crippen LogP contribution is -2.52. The first-order valence-electron chi connectivity index (χ1n) is 39.6. The molecule has 7 N–H and O–H groups in total. The summed E-state index contributed by atoms with van der Waals surface area (Å²) in [5.74, 6) is 0.889. The normalized spacial score (nSPS) is 23.0. The van der Waals surface area contributed by atoms with Gasteiger partial charge in [-0.25, -0.2) is 0 Å². The number of halogens is 1. The molecule has 8 aliphatic heterocycles. The number of nitrogens with zero attached hydrogens (tertiary/aromatic N) is 6. The molecule has 570 valence electrons. The lowest BCUT2D eigenvalue weighted by molar-refractivity contribution is -0.138. The lowest BCUT2D eigenvalue weighted by Gasteiger charge is -2.39. The Balaban J connectivity index is 0.000000144. The van der Waals surface area contributed by atoms with Crippen molar-refractivity contribution in [3.05, 3.63) is 249 Å². The van der Waals surface area contributed by atoms with Gasteiger partial charge in [-0.15, -0.1) is 12.4 Å². The van der Waals surface area contributed by atoms with Crippen LogP contribution in [0.15, 0.2) is 182 Å². The zero-order valence-corrected chi connectivity index (χ0v) is 63.1. The number of amides is 6. The molecular formula is C90H99ClN10O9. The molecule has 19 nitrogen and oxygen atoms in total. The molecule has 110 heavy (non-hydrogen) atoms. The number of Topliss-reactive ketones (excluding diaryl/α,β-unsaturated/α-hetero) is 1. The van der Waals surface area contributed by atoms with E-state index >= 15 is 0 Å². The molecule has 2 unspecified atom stereocenters. The number of ketones is 1. The van der Waals surface area contributed by atoms with Crippen LogP contribution in [-0.4, -0.2) is 144 Å². The summed E-state index contributed by atoms with van der Waals surface area (Å²) >= 11 is 0. The van der Waals surface area contributed by atoms with Gasteiger partial charge in [0.25, 0.3) is 11.8 Å². The molecule has 0 aromatic heterocycles. The van der Waals surface area contributed by atoms with Crippen LogP contribution in [-0.2, 0) is 49.9 Å². The molecule has 18 rings (SSSR count). The topological polar surface area (TPSA) is 241 Å². The monoisotopic (exact) mass is 1500 g/mol. The van der Waals surface area contributed by atoms with Gasteiger partial charge in [0.1, 0.15) is 29.4 Å². The number of rotatable bonds is 12. The van der Waals surface area contributed by atoms with E-state index in [4.69, 9.17) is 5.73 Å². The lowest BCUT2D eigenvalue weighted by atomic mass is 9.69. The number of nitrogens with two attached hydrogens (primary N) is 1. The predicted molar refractivity (Wildman–Crippen MR) is 429 cm³/mol. The Labute approximate surface area is 650 Å². The van der Waals surface area contributed by atoms with Crippen molar-refractivity contribution >= 4 is 76.4 Å². The van der Waals surface area contributed by atoms with E-state index in [1.807, 2.05) is 48.5 Å². The molecule has 6 saturated heterocycles. The molecule has 6 atom stereocenters. The summed E-state index contributed by atoms with van der Waals surface area (Å²) in [6.07, 6.45) is 13.1. The molecule has 8 aromatic rings. The minimum atomic E-state index is -0.587. The number of phenols is 2. The molecule has 0 saturated carbocycles. The molecule has 0 radical (unpaired) electrons. The Kier molecular flexibility index (Phi) is 22.6. The van der Waals surface area contributed by atoms with Gasteiger partial charge in [-0.1, -0.05) is 97.1 Å². The number of hydrogen-bond donors (Lipinski definition) is 6. The van der Waals surface area contributed by atoms with Crippen molar-refractivity contribution in [1.29, 1.82) is 0 Å². The average Bonchev–Trinajstić information content (AvgIpc) is 0.862. The van der Waals surface area contributed by atoms with E-state index in [2.05, 4.69) is 169 Å². The molecular weight excluding hydrogens is 1400 g/mol. The second-order valence-electron chi connectivity index (χ2n) is 31.5. The van der Waals surface area contributed by atoms with E-state index < -0.39 is 12.1 Å². The summed E-state index contributed by atoms with van der Waals surface area (Å²) in [6.45, 7) is 8.30. The van der Waals surface area contributed by atoms with Gasteiger partial charge in [-0.3, -0.25) is 44.2 Å². The number of aryl methyl sites for hydroxylation is 2. The molecule has 8 aromatic carbocycles. The molecule has 20 heteroatoms. The van der Waals surface area contributed by atoms with Crippen LogP contribution in [0.4, 0.5) is 22.7 Å². The van der Waals surface area contributed by atoms with Crippen molar-refractivity contribution in [3.63, 3.8) is 0 Å². The van der Waals surface area contributed by atoms with Crippen molar-refractivity contribution in [2.45, 2.75) is 170 Å². The van der Waals surface area contributed by atoms with Gasteiger partial charge in [0.2, 0.25) is 23.6 Å². The molecule has 0 spiro atoms. The van der Waals surface area contributed by atoms with Crippen LogP contribution in [0.5, 0.6) is 11.5 Å². The van der Waals surface area contributed by atoms with Crippen molar-refractivity contribution in [3.8, 4) is 11.5 Å². The Bertz CT molecular complexity index is 4700. The molecule has 10 aliphatic rings. The van der Waals surface area contributed by atoms with Crippen molar-refractivity contribution in [2.24, 2.45) is 5.73 Å². The number of hydrogen-bond acceptors (Lipinski definition) is 15. The average molecular weight is 1500 g/mol. The Morgan fingerprint density at radius 2 is 0.745 bits per heavy atom. The van der Waals surface area contributed by atoms with Gasteiger partial charge in [0.15, 0.2) is 0 Å². The Morgan fingerprint density at radius 3 is 1.15 bits per heavy atom. The van der Waals surface area contributed by atoms with E-state index in [-0.39, 0.29) is 78.6 Å². The van der Waals surface area contributed by atoms with Crippen LogP contribution in [0.3, 0.4) is 0 Å². The van der Waals surface area contributed by atoms with E-state index in [1.54, 1.807) is 9.80 Å². The van der Waals surface area contributed by atoms with Gasteiger partial charge in [-0.05, 0) is 229 Å². The maximum atomic E-state index is 13.1. The summed E-state index contributed by atoms with van der Waals surface area (Å²) in [7, 11) is 0. The minimum Gasteiger partial charge on any atom is -0.508 e. The summed E-state index contributed by atoms with van der Waals surface area (Å²) in [5, 5.41) is 28.9. The SMILES string of the molecule is Cl.NC1CCN(c2ccc3c(c2)CN(C2CCC(=O)NC2=O)C3=O)CC1.O=C1CCC(N2Cc3cc(N4CCC(NC5CCN(c6ccc([C@@H]7c8ccc(O)cc8CC[C@@H]7c7ccccc7)cc6)CC5)CC4)ccc3C2=O)C(=O)N1.O=C1CCN(c2ccc([C@@H]3c4ccc(O)cc4CC[C@@H]3c3ccccc3)cc2)CC1. The zero-order valence-electron chi connectivity index (χ0n) is 62.3. The highest BCUT2D eigenvalue weighted by atomic mass is 35.5. The highest BCUT2D eigenvalue weighted by Crippen LogP contribution is 2.49. The second kappa shape index (κ2) is 33.1. The smallest absolute Gasteiger partial charge is 0.255 e. The number of imide groups is 2. The fourth-order valence-electron chi connectivity index (χ4n) is 19.0. The van der Waals surface area contributed by atoms with E-state index in [9.17, 15) is 43.8 Å². The quantitative estimate of drug-likeness (QED) is 0.0623. The molecule has 0 bridgehead atoms. The molecule has 6 fully saturated rings. The zero-order chi connectivity index (χ0) is 74.8. The number of piperidine rings is 6. The molecule has 2 aliphatic carbocycles. The van der Waals surface area contributed by atoms with E-state index in [1.165, 1.54) is 55.9 Å². The van der Waals surface area contributed by atoms with Gasteiger partial charge in [-0.2, -0.15) is 0 Å². The number of aromatic hydroxyl groups is 2. The summed E-state index contributed by atoms with van der Waals surface area (Å²) < 4.78 is 0. The third-order valence-corrected chi connectivity index (χ3v) is 24.9. The van der Waals surface area contributed by atoms with Gasteiger partial charge >= 0.3 is 0 Å². The second-order valence-corrected chi connectivity index (χ2v) is 31.5. The number of carbonyl (C=O) groups is 7. The van der Waals surface area contributed by atoms with Gasteiger partial charge < -0.3 is 50.7 Å². The van der Waals surface area contributed by atoms with E-state index in [0.29, 0.717) is 91.1 Å². The fourth-order valence-corrected chi connectivity index (χ4v) is 19.0.